The van der Waals surface area contributed by atoms with Gasteiger partial charge in [-0.1, -0.05) is 0 Å². The Balaban J connectivity index is 2.31. The number of carbonyl (C=O) groups is 2. The van der Waals surface area contributed by atoms with Crippen molar-refractivity contribution in [1.29, 1.82) is 0 Å². The summed E-state index contributed by atoms with van der Waals surface area (Å²) in [6.45, 7) is 9.03. The monoisotopic (exact) mass is 227 g/mol. The van der Waals surface area contributed by atoms with Gasteiger partial charge in [0.25, 0.3) is 0 Å². The number of nitrogens with one attached hydrogen (secondary N) is 1. The highest BCUT2D eigenvalue weighted by atomic mass is 16.2. The molecule has 1 fully saturated rings. The molecule has 0 spiro atoms. The van der Waals surface area contributed by atoms with E-state index in [1.807, 2.05) is 20.8 Å². The molecule has 0 aromatic heterocycles. The minimum absolute atomic E-state index is 0.0414. The van der Waals surface area contributed by atoms with Gasteiger partial charge in [0, 0.05) is 31.7 Å². The van der Waals surface area contributed by atoms with Gasteiger partial charge in [0.1, 0.15) is 0 Å². The molecule has 1 aliphatic heterocycles. The second-order valence-electron chi connectivity index (χ2n) is 5.13. The van der Waals surface area contributed by atoms with E-state index < -0.39 is 0 Å². The van der Waals surface area contributed by atoms with Gasteiger partial charge >= 0.3 is 0 Å². The molecule has 5 heteroatoms. The largest absolute Gasteiger partial charge is 0.342 e. The smallest absolute Gasteiger partial charge is 0.236 e. The number of carbonyl (C=O) groups excluding carboxylic acids is 2. The van der Waals surface area contributed by atoms with Gasteiger partial charge in [0.2, 0.25) is 12.3 Å². The zero-order chi connectivity index (χ0) is 12.2. The lowest BCUT2D eigenvalue weighted by Crippen LogP contribution is -2.52. The highest BCUT2D eigenvalue weighted by Crippen LogP contribution is 2.02. The van der Waals surface area contributed by atoms with E-state index in [-0.39, 0.29) is 11.4 Å². The Morgan fingerprint density at radius 3 is 2.25 bits per heavy atom. The third kappa shape index (κ3) is 4.18. The van der Waals surface area contributed by atoms with Gasteiger partial charge in [-0.25, -0.2) is 0 Å². The summed E-state index contributed by atoms with van der Waals surface area (Å²) in [7, 11) is 0. The molecule has 16 heavy (non-hydrogen) atoms. The molecule has 1 aliphatic rings. The summed E-state index contributed by atoms with van der Waals surface area (Å²) >= 11 is 0. The lowest BCUT2D eigenvalue weighted by atomic mass is 10.1. The van der Waals surface area contributed by atoms with Crippen LogP contribution in [0.15, 0.2) is 0 Å². The molecule has 0 bridgehead atoms. The van der Waals surface area contributed by atoms with Gasteiger partial charge in [0.15, 0.2) is 0 Å². The van der Waals surface area contributed by atoms with Crippen LogP contribution >= 0.6 is 0 Å². The Labute approximate surface area is 96.8 Å². The van der Waals surface area contributed by atoms with E-state index in [1.165, 1.54) is 0 Å². The summed E-state index contributed by atoms with van der Waals surface area (Å²) in [5.41, 5.74) is -0.0414. The zero-order valence-corrected chi connectivity index (χ0v) is 10.3. The topological polar surface area (TPSA) is 52.7 Å². The van der Waals surface area contributed by atoms with E-state index in [0.29, 0.717) is 32.7 Å². The van der Waals surface area contributed by atoms with Gasteiger partial charge in [-0.05, 0) is 20.8 Å². The molecule has 0 aliphatic carbocycles. The average Bonchev–Trinajstić information content (AvgIpc) is 2.25. The van der Waals surface area contributed by atoms with Crippen LogP contribution in [0.25, 0.3) is 0 Å². The fourth-order valence-electron chi connectivity index (χ4n) is 1.53. The Hall–Kier alpha value is -1.10. The zero-order valence-electron chi connectivity index (χ0n) is 10.3. The number of piperazine rings is 1. The van der Waals surface area contributed by atoms with Crippen molar-refractivity contribution in [3.05, 3.63) is 0 Å². The normalized spacial score (nSPS) is 17.4. The van der Waals surface area contributed by atoms with Crippen LogP contribution in [0.3, 0.4) is 0 Å². The van der Waals surface area contributed by atoms with E-state index in [2.05, 4.69) is 5.32 Å². The molecular weight excluding hydrogens is 206 g/mol. The highest BCUT2D eigenvalue weighted by molar-refractivity contribution is 5.78. The van der Waals surface area contributed by atoms with Crippen LogP contribution in [0.5, 0.6) is 0 Å². The van der Waals surface area contributed by atoms with Crippen LogP contribution in [-0.4, -0.2) is 60.4 Å². The van der Waals surface area contributed by atoms with Crippen LogP contribution in [0.2, 0.25) is 0 Å². The lowest BCUT2D eigenvalue weighted by Gasteiger charge is -2.33. The third-order valence-electron chi connectivity index (χ3n) is 2.59. The number of rotatable bonds is 3. The molecule has 1 N–H and O–H groups in total. The highest BCUT2D eigenvalue weighted by Gasteiger charge is 2.21. The lowest BCUT2D eigenvalue weighted by molar-refractivity contribution is -0.134. The Morgan fingerprint density at radius 1 is 1.25 bits per heavy atom. The first kappa shape index (κ1) is 13.0. The molecule has 1 heterocycles. The maximum Gasteiger partial charge on any atom is 0.236 e. The van der Waals surface area contributed by atoms with Crippen molar-refractivity contribution in [3.63, 3.8) is 0 Å². The van der Waals surface area contributed by atoms with Crippen LogP contribution in [0.1, 0.15) is 20.8 Å². The number of amides is 2. The summed E-state index contributed by atoms with van der Waals surface area (Å²) in [6, 6.07) is 0. The summed E-state index contributed by atoms with van der Waals surface area (Å²) in [5.74, 6) is 0.112. The fraction of sp³-hybridized carbons (Fsp3) is 0.818. The molecule has 0 radical (unpaired) electrons. The average molecular weight is 227 g/mol. The predicted octanol–water partition coefficient (Wildman–Crippen LogP) is -0.325. The second-order valence-corrected chi connectivity index (χ2v) is 5.13. The number of nitrogens with zero attached hydrogens (tertiary/aromatic N) is 2. The standard InChI is InChI=1S/C11H21N3O2/c1-11(2,3)12-8-10(16)14-6-4-13(9-15)5-7-14/h9,12H,4-8H2,1-3H3. The van der Waals surface area contributed by atoms with E-state index in [1.54, 1.807) is 9.80 Å². The summed E-state index contributed by atoms with van der Waals surface area (Å²) < 4.78 is 0. The van der Waals surface area contributed by atoms with Crippen molar-refractivity contribution in [2.24, 2.45) is 0 Å². The van der Waals surface area contributed by atoms with Crippen molar-refractivity contribution >= 4 is 12.3 Å². The van der Waals surface area contributed by atoms with Gasteiger partial charge in [0.05, 0.1) is 6.54 Å². The molecule has 0 aromatic rings. The maximum absolute atomic E-state index is 11.8. The molecule has 1 rings (SSSR count). The minimum Gasteiger partial charge on any atom is -0.342 e. The van der Waals surface area contributed by atoms with E-state index in [0.717, 1.165) is 6.41 Å². The van der Waals surface area contributed by atoms with Gasteiger partial charge < -0.3 is 15.1 Å². The molecular formula is C11H21N3O2. The molecule has 1 saturated heterocycles. The number of hydrogen-bond donors (Lipinski definition) is 1. The molecule has 5 nitrogen and oxygen atoms in total. The van der Waals surface area contributed by atoms with Crippen molar-refractivity contribution in [2.75, 3.05) is 32.7 Å². The number of hydrogen-bond acceptors (Lipinski definition) is 3. The van der Waals surface area contributed by atoms with E-state index >= 15 is 0 Å². The first-order valence-electron chi connectivity index (χ1n) is 5.64. The predicted molar refractivity (Wildman–Crippen MR) is 62.0 cm³/mol. The first-order chi connectivity index (χ1) is 7.42. The molecule has 0 unspecified atom stereocenters. The third-order valence-corrected chi connectivity index (χ3v) is 2.59. The minimum atomic E-state index is -0.0414. The van der Waals surface area contributed by atoms with Crippen molar-refractivity contribution in [2.45, 2.75) is 26.3 Å². The Morgan fingerprint density at radius 2 is 1.81 bits per heavy atom. The molecule has 0 atom stereocenters. The molecule has 0 saturated carbocycles. The molecule has 92 valence electrons. The van der Waals surface area contributed by atoms with E-state index in [4.69, 9.17) is 0 Å². The molecule has 2 amide bonds. The van der Waals surface area contributed by atoms with Crippen LogP contribution in [-0.2, 0) is 9.59 Å². The van der Waals surface area contributed by atoms with Gasteiger partial charge in [-0.15, -0.1) is 0 Å². The quantitative estimate of drug-likeness (QED) is 0.672. The van der Waals surface area contributed by atoms with Crippen molar-refractivity contribution in [3.8, 4) is 0 Å². The SMILES string of the molecule is CC(C)(C)NCC(=O)N1CCN(C=O)CC1. The summed E-state index contributed by atoms with van der Waals surface area (Å²) in [6.07, 6.45) is 0.842. The first-order valence-corrected chi connectivity index (χ1v) is 5.64. The Kier molecular flexibility index (Phi) is 4.29. The van der Waals surface area contributed by atoms with Crippen molar-refractivity contribution < 1.29 is 9.59 Å². The van der Waals surface area contributed by atoms with Crippen LogP contribution < -0.4 is 5.32 Å². The van der Waals surface area contributed by atoms with Crippen molar-refractivity contribution in [1.82, 2.24) is 15.1 Å². The fourth-order valence-corrected chi connectivity index (χ4v) is 1.53. The van der Waals surface area contributed by atoms with Crippen LogP contribution in [0, 0.1) is 0 Å². The van der Waals surface area contributed by atoms with E-state index in [9.17, 15) is 9.59 Å². The van der Waals surface area contributed by atoms with Crippen LogP contribution in [0.4, 0.5) is 0 Å². The maximum atomic E-state index is 11.8. The Bertz CT molecular complexity index is 252. The summed E-state index contributed by atoms with van der Waals surface area (Å²) in [4.78, 5) is 25.8. The second kappa shape index (κ2) is 5.30. The van der Waals surface area contributed by atoms with Gasteiger partial charge in [-0.3, -0.25) is 9.59 Å². The van der Waals surface area contributed by atoms with Gasteiger partial charge in [-0.2, -0.15) is 0 Å². The molecule has 0 aromatic carbocycles. The summed E-state index contributed by atoms with van der Waals surface area (Å²) in [5, 5.41) is 3.17.